The smallest absolute Gasteiger partial charge is 0.160 e. The Hall–Kier alpha value is -7.46. The second-order valence-corrected chi connectivity index (χ2v) is 18.1. The molecule has 0 fully saturated rings. The van der Waals surface area contributed by atoms with Crippen LogP contribution in [0.2, 0.25) is 0 Å². The number of nitrogens with zero attached hydrogens (tertiary/aromatic N) is 2. The lowest BCUT2D eigenvalue weighted by Gasteiger charge is -2.22. The van der Waals surface area contributed by atoms with Crippen LogP contribution in [-0.2, 0) is 5.41 Å². The molecule has 0 amide bonds. The third kappa shape index (κ3) is 6.16. The number of hydrogen-bond donors (Lipinski definition) is 0. The third-order valence-electron chi connectivity index (χ3n) is 12.9. The Morgan fingerprint density at radius 3 is 1.79 bits per heavy atom. The van der Waals surface area contributed by atoms with Gasteiger partial charge in [-0.3, -0.25) is 0 Å². The third-order valence-corrected chi connectivity index (χ3v) is 14.0. The molecule has 0 aliphatic heterocycles. The molecule has 12 rings (SSSR count). The fourth-order valence-corrected chi connectivity index (χ4v) is 10.7. The summed E-state index contributed by atoms with van der Waals surface area (Å²) < 4.78 is 2.60. The second kappa shape index (κ2) is 14.3. The monoisotopic (exact) mass is 808 g/mol. The van der Waals surface area contributed by atoms with E-state index in [1.165, 1.54) is 69.9 Å². The topological polar surface area (TPSA) is 25.8 Å². The number of hydrogen-bond acceptors (Lipinski definition) is 3. The van der Waals surface area contributed by atoms with Gasteiger partial charge in [-0.25, -0.2) is 9.97 Å². The van der Waals surface area contributed by atoms with Crippen LogP contribution in [-0.4, -0.2) is 9.97 Å². The summed E-state index contributed by atoms with van der Waals surface area (Å²) in [6.07, 6.45) is 0. The summed E-state index contributed by atoms with van der Waals surface area (Å²) in [6, 6.07) is 75.1. The normalized spacial score (nSPS) is 12.8. The van der Waals surface area contributed by atoms with Crippen molar-refractivity contribution in [3.8, 4) is 78.4 Å². The molecule has 1 aliphatic carbocycles. The van der Waals surface area contributed by atoms with Crippen molar-refractivity contribution in [2.45, 2.75) is 19.3 Å². The van der Waals surface area contributed by atoms with Crippen LogP contribution >= 0.6 is 11.3 Å². The summed E-state index contributed by atoms with van der Waals surface area (Å²) in [4.78, 5) is 10.6. The van der Waals surface area contributed by atoms with Crippen LogP contribution < -0.4 is 0 Å². The van der Waals surface area contributed by atoms with Crippen molar-refractivity contribution in [3.63, 3.8) is 0 Å². The maximum Gasteiger partial charge on any atom is 0.160 e. The van der Waals surface area contributed by atoms with Gasteiger partial charge in [0.2, 0.25) is 0 Å². The Bertz CT molecular complexity index is 3560. The molecule has 0 saturated heterocycles. The van der Waals surface area contributed by atoms with E-state index in [-0.39, 0.29) is 5.41 Å². The first-order chi connectivity index (χ1) is 30.4. The van der Waals surface area contributed by atoms with E-state index in [4.69, 9.17) is 9.97 Å². The largest absolute Gasteiger partial charge is 0.228 e. The van der Waals surface area contributed by atoms with E-state index in [1.807, 2.05) is 17.4 Å². The van der Waals surface area contributed by atoms with E-state index in [0.29, 0.717) is 5.82 Å². The van der Waals surface area contributed by atoms with E-state index in [0.717, 1.165) is 44.8 Å². The number of aromatic nitrogens is 2. The molecule has 2 nitrogen and oxygen atoms in total. The van der Waals surface area contributed by atoms with Crippen LogP contribution in [0.4, 0.5) is 0 Å². The van der Waals surface area contributed by atoms with Gasteiger partial charge in [0.15, 0.2) is 5.82 Å². The molecule has 0 unspecified atom stereocenters. The Balaban J connectivity index is 1.02. The van der Waals surface area contributed by atoms with E-state index < -0.39 is 0 Å². The van der Waals surface area contributed by atoms with Crippen LogP contribution in [0.5, 0.6) is 0 Å². The van der Waals surface area contributed by atoms with Crippen molar-refractivity contribution in [3.05, 3.63) is 217 Å². The van der Waals surface area contributed by atoms with Gasteiger partial charge in [0.25, 0.3) is 0 Å². The maximum atomic E-state index is 5.35. The predicted octanol–water partition coefficient (Wildman–Crippen LogP) is 16.3. The van der Waals surface area contributed by atoms with Gasteiger partial charge in [0, 0.05) is 42.3 Å². The van der Waals surface area contributed by atoms with Gasteiger partial charge in [-0.05, 0) is 127 Å². The molecule has 0 spiro atoms. The van der Waals surface area contributed by atoms with E-state index in [9.17, 15) is 0 Å². The second-order valence-electron chi connectivity index (χ2n) is 17.0. The fourth-order valence-electron chi connectivity index (χ4n) is 9.58. The Morgan fingerprint density at radius 1 is 0.339 bits per heavy atom. The zero-order chi connectivity index (χ0) is 41.4. The minimum atomic E-state index is -0.0742. The van der Waals surface area contributed by atoms with Crippen molar-refractivity contribution in [1.29, 1.82) is 0 Å². The minimum absolute atomic E-state index is 0.0742. The van der Waals surface area contributed by atoms with Gasteiger partial charge in [-0.2, -0.15) is 0 Å². The fraction of sp³-hybridized carbons (Fsp3) is 0.0508. The van der Waals surface area contributed by atoms with E-state index >= 15 is 0 Å². The van der Waals surface area contributed by atoms with Crippen molar-refractivity contribution in [2.75, 3.05) is 0 Å². The number of rotatable bonds is 6. The standard InChI is InChI=1S/C59H40N2S/c1-59(2)52-21-10-8-19-48(52)49-27-25-43(35-53(49)59)40-17-12-18-44(30-40)54-36-55(61-58(60-54)38-14-4-3-5-15-38)47-32-45(41-24-23-37-13-6-7-16-39(37)29-41)31-46(33-47)42-26-28-57-51(34-42)50-20-9-11-22-56(50)62-57/h3-36H,1-2H3. The Morgan fingerprint density at radius 2 is 0.919 bits per heavy atom. The highest BCUT2D eigenvalue weighted by molar-refractivity contribution is 7.25. The van der Waals surface area contributed by atoms with Crippen LogP contribution in [0.3, 0.4) is 0 Å². The molecule has 2 heterocycles. The van der Waals surface area contributed by atoms with Crippen molar-refractivity contribution >= 4 is 42.3 Å². The van der Waals surface area contributed by atoms with Gasteiger partial charge >= 0.3 is 0 Å². The summed E-state index contributed by atoms with van der Waals surface area (Å²) in [6.45, 7) is 4.68. The van der Waals surface area contributed by atoms with Crippen LogP contribution in [0.15, 0.2) is 206 Å². The van der Waals surface area contributed by atoms with E-state index in [1.54, 1.807) is 0 Å². The first-order valence-corrected chi connectivity index (χ1v) is 22.1. The highest BCUT2D eigenvalue weighted by atomic mass is 32.1. The first kappa shape index (κ1) is 36.4. The Labute approximate surface area is 365 Å². The van der Waals surface area contributed by atoms with Crippen molar-refractivity contribution < 1.29 is 0 Å². The van der Waals surface area contributed by atoms with Gasteiger partial charge < -0.3 is 0 Å². The molecule has 292 valence electrons. The lowest BCUT2D eigenvalue weighted by Crippen LogP contribution is -2.14. The SMILES string of the molecule is CC1(C)c2ccccc2-c2ccc(-c3cccc(-c4cc(-c5cc(-c6ccc7ccccc7c6)cc(-c6ccc7sc8ccccc8c7c6)c5)nc(-c5ccccc5)n4)c3)cc21. The molecule has 11 aromatic rings. The molecule has 3 heteroatoms. The molecule has 0 N–H and O–H groups in total. The molecule has 9 aromatic carbocycles. The molecule has 1 aliphatic rings. The number of thiophene rings is 1. The molecule has 62 heavy (non-hydrogen) atoms. The summed E-state index contributed by atoms with van der Waals surface area (Å²) in [5.74, 6) is 0.698. The molecular formula is C59H40N2S. The van der Waals surface area contributed by atoms with Gasteiger partial charge in [0.05, 0.1) is 11.4 Å². The van der Waals surface area contributed by atoms with Crippen LogP contribution in [0.1, 0.15) is 25.0 Å². The Kier molecular flexibility index (Phi) is 8.41. The zero-order valence-electron chi connectivity index (χ0n) is 34.4. The highest BCUT2D eigenvalue weighted by Crippen LogP contribution is 2.49. The average Bonchev–Trinajstić information content (AvgIpc) is 3.82. The number of benzene rings is 9. The van der Waals surface area contributed by atoms with Crippen molar-refractivity contribution in [2.24, 2.45) is 0 Å². The molecule has 2 aromatic heterocycles. The summed E-state index contributed by atoms with van der Waals surface area (Å²) in [5.41, 5.74) is 17.2. The quantitative estimate of drug-likeness (QED) is 0.167. The van der Waals surface area contributed by atoms with Crippen LogP contribution in [0.25, 0.3) is 109 Å². The number of fused-ring (bicyclic) bond motifs is 7. The van der Waals surface area contributed by atoms with Gasteiger partial charge in [-0.1, -0.05) is 159 Å². The predicted molar refractivity (Wildman–Crippen MR) is 263 cm³/mol. The molecule has 0 saturated carbocycles. The van der Waals surface area contributed by atoms with Gasteiger partial charge in [0.1, 0.15) is 0 Å². The highest BCUT2D eigenvalue weighted by Gasteiger charge is 2.35. The summed E-state index contributed by atoms with van der Waals surface area (Å²) in [7, 11) is 0. The maximum absolute atomic E-state index is 5.35. The zero-order valence-corrected chi connectivity index (χ0v) is 35.2. The van der Waals surface area contributed by atoms with Crippen LogP contribution in [0, 0.1) is 0 Å². The lowest BCUT2D eigenvalue weighted by molar-refractivity contribution is 0.660. The molecule has 0 atom stereocenters. The average molecular weight is 809 g/mol. The van der Waals surface area contributed by atoms with Gasteiger partial charge in [-0.15, -0.1) is 11.3 Å². The first-order valence-electron chi connectivity index (χ1n) is 21.3. The molecule has 0 bridgehead atoms. The van der Waals surface area contributed by atoms with E-state index in [2.05, 4.69) is 214 Å². The lowest BCUT2D eigenvalue weighted by atomic mass is 9.81. The molecule has 0 radical (unpaired) electrons. The van der Waals surface area contributed by atoms with Crippen molar-refractivity contribution in [1.82, 2.24) is 9.97 Å². The molecular weight excluding hydrogens is 769 g/mol. The summed E-state index contributed by atoms with van der Waals surface area (Å²) >= 11 is 1.85. The summed E-state index contributed by atoms with van der Waals surface area (Å²) in [5, 5.41) is 5.03. The minimum Gasteiger partial charge on any atom is -0.228 e.